The van der Waals surface area contributed by atoms with Gasteiger partial charge in [-0.15, -0.1) is 0 Å². The molecule has 0 fully saturated rings. The standard InChI is InChI=1S/C19H23N3O2/c1-2-3-7-11-21-19(24)17-13-16(10-12-20-17)18(23)22-14-15-8-5-4-6-9-15/h4-6,8-10,12-13H,2-3,7,11,14H2,1H3,(H,21,24)(H,22,23). The first-order valence-electron chi connectivity index (χ1n) is 8.27. The van der Waals surface area contributed by atoms with Gasteiger partial charge in [-0.3, -0.25) is 14.6 Å². The number of nitrogens with one attached hydrogen (secondary N) is 2. The van der Waals surface area contributed by atoms with E-state index in [1.807, 2.05) is 30.3 Å². The molecule has 126 valence electrons. The van der Waals surface area contributed by atoms with Crippen molar-refractivity contribution in [2.75, 3.05) is 6.54 Å². The molecule has 0 radical (unpaired) electrons. The summed E-state index contributed by atoms with van der Waals surface area (Å²) in [7, 11) is 0. The van der Waals surface area contributed by atoms with E-state index >= 15 is 0 Å². The second-order valence-electron chi connectivity index (χ2n) is 5.56. The zero-order valence-electron chi connectivity index (χ0n) is 13.9. The van der Waals surface area contributed by atoms with Crippen molar-refractivity contribution in [2.24, 2.45) is 0 Å². The highest BCUT2D eigenvalue weighted by Gasteiger charge is 2.11. The molecule has 1 heterocycles. The van der Waals surface area contributed by atoms with E-state index in [0.717, 1.165) is 24.8 Å². The fourth-order valence-electron chi connectivity index (χ4n) is 2.24. The maximum Gasteiger partial charge on any atom is 0.269 e. The number of nitrogens with zero attached hydrogens (tertiary/aromatic N) is 1. The summed E-state index contributed by atoms with van der Waals surface area (Å²) in [6.45, 7) is 3.18. The lowest BCUT2D eigenvalue weighted by Gasteiger charge is -2.07. The average Bonchev–Trinajstić information content (AvgIpc) is 2.64. The lowest BCUT2D eigenvalue weighted by atomic mass is 10.2. The molecule has 2 rings (SSSR count). The van der Waals surface area contributed by atoms with Crippen molar-refractivity contribution in [2.45, 2.75) is 32.7 Å². The number of amides is 2. The van der Waals surface area contributed by atoms with Crippen LogP contribution >= 0.6 is 0 Å². The quantitative estimate of drug-likeness (QED) is 0.733. The first kappa shape index (κ1) is 17.7. The van der Waals surface area contributed by atoms with Crippen molar-refractivity contribution in [3.8, 4) is 0 Å². The van der Waals surface area contributed by atoms with Gasteiger partial charge in [0.1, 0.15) is 5.69 Å². The van der Waals surface area contributed by atoms with Gasteiger partial charge in [0.15, 0.2) is 0 Å². The molecule has 0 aliphatic carbocycles. The summed E-state index contributed by atoms with van der Waals surface area (Å²) >= 11 is 0. The van der Waals surface area contributed by atoms with Crippen molar-refractivity contribution < 1.29 is 9.59 Å². The Morgan fingerprint density at radius 1 is 1.00 bits per heavy atom. The molecular weight excluding hydrogens is 302 g/mol. The number of benzene rings is 1. The Hall–Kier alpha value is -2.69. The average molecular weight is 325 g/mol. The predicted molar refractivity (Wildman–Crippen MR) is 93.7 cm³/mol. The molecule has 0 unspecified atom stereocenters. The number of pyridine rings is 1. The van der Waals surface area contributed by atoms with Crippen LogP contribution in [-0.4, -0.2) is 23.3 Å². The molecule has 0 saturated heterocycles. The maximum absolute atomic E-state index is 12.2. The minimum absolute atomic E-state index is 0.221. The van der Waals surface area contributed by atoms with E-state index in [-0.39, 0.29) is 17.5 Å². The summed E-state index contributed by atoms with van der Waals surface area (Å²) in [4.78, 5) is 28.3. The maximum atomic E-state index is 12.2. The fraction of sp³-hybridized carbons (Fsp3) is 0.316. The van der Waals surface area contributed by atoms with Gasteiger partial charge in [-0.25, -0.2) is 0 Å². The highest BCUT2D eigenvalue weighted by molar-refractivity contribution is 5.98. The molecule has 0 saturated carbocycles. The lowest BCUT2D eigenvalue weighted by molar-refractivity contribution is 0.0948. The van der Waals surface area contributed by atoms with Gasteiger partial charge in [0.25, 0.3) is 11.8 Å². The summed E-state index contributed by atoms with van der Waals surface area (Å²) in [5.74, 6) is -0.468. The minimum Gasteiger partial charge on any atom is -0.351 e. The summed E-state index contributed by atoms with van der Waals surface area (Å²) in [5, 5.41) is 5.67. The molecule has 1 aromatic carbocycles. The van der Waals surface area contributed by atoms with Gasteiger partial charge >= 0.3 is 0 Å². The van der Waals surface area contributed by atoms with E-state index in [1.54, 1.807) is 6.07 Å². The molecule has 2 aromatic rings. The molecule has 0 aliphatic rings. The van der Waals surface area contributed by atoms with Crippen LogP contribution in [0, 0.1) is 0 Å². The number of carbonyl (C=O) groups is 2. The van der Waals surface area contributed by atoms with E-state index in [4.69, 9.17) is 0 Å². The Morgan fingerprint density at radius 2 is 1.79 bits per heavy atom. The Balaban J connectivity index is 1.91. The molecule has 0 spiro atoms. The van der Waals surface area contributed by atoms with Crippen LogP contribution in [0.25, 0.3) is 0 Å². The molecule has 0 bridgehead atoms. The van der Waals surface area contributed by atoms with Crippen LogP contribution in [-0.2, 0) is 6.54 Å². The highest BCUT2D eigenvalue weighted by atomic mass is 16.2. The smallest absolute Gasteiger partial charge is 0.269 e. The highest BCUT2D eigenvalue weighted by Crippen LogP contribution is 2.04. The van der Waals surface area contributed by atoms with E-state index in [1.165, 1.54) is 12.3 Å². The number of unbranched alkanes of at least 4 members (excludes halogenated alkanes) is 2. The number of aromatic nitrogens is 1. The number of hydrogen-bond donors (Lipinski definition) is 2. The Bertz CT molecular complexity index is 671. The third-order valence-electron chi connectivity index (χ3n) is 3.62. The third-order valence-corrected chi connectivity index (χ3v) is 3.62. The first-order valence-corrected chi connectivity index (χ1v) is 8.27. The van der Waals surface area contributed by atoms with Crippen LogP contribution in [0.5, 0.6) is 0 Å². The van der Waals surface area contributed by atoms with Gasteiger partial charge in [-0.05, 0) is 24.1 Å². The Morgan fingerprint density at radius 3 is 2.54 bits per heavy atom. The SMILES string of the molecule is CCCCCNC(=O)c1cc(C(=O)NCc2ccccc2)ccn1. The summed E-state index contributed by atoms with van der Waals surface area (Å²) in [5.41, 5.74) is 1.72. The summed E-state index contributed by atoms with van der Waals surface area (Å²) in [6.07, 6.45) is 4.61. The fourth-order valence-corrected chi connectivity index (χ4v) is 2.24. The van der Waals surface area contributed by atoms with Gasteiger partial charge in [-0.1, -0.05) is 50.1 Å². The largest absolute Gasteiger partial charge is 0.351 e. The molecule has 0 aliphatic heterocycles. The molecule has 2 amide bonds. The zero-order valence-corrected chi connectivity index (χ0v) is 13.9. The van der Waals surface area contributed by atoms with Crippen LogP contribution in [0.4, 0.5) is 0 Å². The van der Waals surface area contributed by atoms with Crippen molar-refractivity contribution in [1.82, 2.24) is 15.6 Å². The third kappa shape index (κ3) is 5.50. The zero-order chi connectivity index (χ0) is 17.2. The minimum atomic E-state index is -0.246. The van der Waals surface area contributed by atoms with Crippen LogP contribution in [0.15, 0.2) is 48.7 Å². The van der Waals surface area contributed by atoms with Gasteiger partial charge in [0.05, 0.1) is 0 Å². The van der Waals surface area contributed by atoms with E-state index < -0.39 is 0 Å². The monoisotopic (exact) mass is 325 g/mol. The van der Waals surface area contributed by atoms with Crippen molar-refractivity contribution in [3.63, 3.8) is 0 Å². The summed E-state index contributed by atoms with van der Waals surface area (Å²) in [6, 6.07) is 12.8. The van der Waals surface area contributed by atoms with E-state index in [2.05, 4.69) is 22.5 Å². The molecular formula is C19H23N3O2. The molecule has 5 nitrogen and oxygen atoms in total. The topological polar surface area (TPSA) is 71.1 Å². The second-order valence-corrected chi connectivity index (χ2v) is 5.56. The molecule has 0 atom stereocenters. The molecule has 2 N–H and O–H groups in total. The van der Waals surface area contributed by atoms with Crippen molar-refractivity contribution in [3.05, 3.63) is 65.5 Å². The van der Waals surface area contributed by atoms with E-state index in [9.17, 15) is 9.59 Å². The normalized spacial score (nSPS) is 10.2. The Labute approximate surface area is 142 Å². The molecule has 1 aromatic heterocycles. The molecule has 24 heavy (non-hydrogen) atoms. The summed E-state index contributed by atoms with van der Waals surface area (Å²) < 4.78 is 0. The van der Waals surface area contributed by atoms with Gasteiger partial charge in [0.2, 0.25) is 0 Å². The number of carbonyl (C=O) groups excluding carboxylic acids is 2. The second kappa shape index (κ2) is 9.45. The van der Waals surface area contributed by atoms with Crippen LogP contribution < -0.4 is 10.6 Å². The predicted octanol–water partition coefficient (Wildman–Crippen LogP) is 2.93. The van der Waals surface area contributed by atoms with Gasteiger partial charge in [0, 0.05) is 24.8 Å². The van der Waals surface area contributed by atoms with Crippen LogP contribution in [0.3, 0.4) is 0 Å². The number of hydrogen-bond acceptors (Lipinski definition) is 3. The molecule has 5 heteroatoms. The van der Waals surface area contributed by atoms with Gasteiger partial charge in [-0.2, -0.15) is 0 Å². The van der Waals surface area contributed by atoms with Crippen LogP contribution in [0.1, 0.15) is 52.6 Å². The van der Waals surface area contributed by atoms with Crippen LogP contribution in [0.2, 0.25) is 0 Å². The van der Waals surface area contributed by atoms with Crippen molar-refractivity contribution in [1.29, 1.82) is 0 Å². The number of rotatable bonds is 8. The Kier molecular flexibility index (Phi) is 6.95. The van der Waals surface area contributed by atoms with Gasteiger partial charge < -0.3 is 10.6 Å². The lowest BCUT2D eigenvalue weighted by Crippen LogP contribution is -2.27. The first-order chi connectivity index (χ1) is 11.7. The van der Waals surface area contributed by atoms with Crippen molar-refractivity contribution >= 4 is 11.8 Å². The van der Waals surface area contributed by atoms with E-state index in [0.29, 0.717) is 18.7 Å².